The quantitative estimate of drug-likeness (QED) is 0.533. The summed E-state index contributed by atoms with van der Waals surface area (Å²) in [7, 11) is 0. The van der Waals surface area contributed by atoms with Crippen molar-refractivity contribution < 1.29 is 4.42 Å². The third kappa shape index (κ3) is 2.30. The average Bonchev–Trinajstić information content (AvgIpc) is 3.17. The number of aromatic nitrogens is 2. The summed E-state index contributed by atoms with van der Waals surface area (Å²) in [6.45, 7) is 0.619. The Labute approximate surface area is 132 Å². The highest BCUT2D eigenvalue weighted by Gasteiger charge is 2.14. The SMILES string of the molecule is Clc1ccc2nc(-c3ccccc3)n(Cc3ccco3)c2c1. The minimum atomic E-state index is 0.619. The molecular formula is C18H13ClN2O. The summed E-state index contributed by atoms with van der Waals surface area (Å²) >= 11 is 6.16. The van der Waals surface area contributed by atoms with E-state index in [9.17, 15) is 0 Å². The zero-order chi connectivity index (χ0) is 14.9. The van der Waals surface area contributed by atoms with Crippen LogP contribution in [-0.4, -0.2) is 9.55 Å². The van der Waals surface area contributed by atoms with Crippen LogP contribution in [0.2, 0.25) is 5.02 Å². The summed E-state index contributed by atoms with van der Waals surface area (Å²) in [6, 6.07) is 19.8. The molecule has 3 nitrogen and oxygen atoms in total. The van der Waals surface area contributed by atoms with Crippen molar-refractivity contribution in [3.05, 3.63) is 77.7 Å². The average molecular weight is 309 g/mol. The van der Waals surface area contributed by atoms with E-state index in [1.807, 2.05) is 48.5 Å². The van der Waals surface area contributed by atoms with Gasteiger partial charge in [-0.1, -0.05) is 41.9 Å². The van der Waals surface area contributed by atoms with E-state index in [1.165, 1.54) is 0 Å². The van der Waals surface area contributed by atoms with Gasteiger partial charge in [0.15, 0.2) is 0 Å². The lowest BCUT2D eigenvalue weighted by molar-refractivity contribution is 0.497. The van der Waals surface area contributed by atoms with E-state index in [1.54, 1.807) is 6.26 Å². The van der Waals surface area contributed by atoms with Crippen molar-refractivity contribution in [3.8, 4) is 11.4 Å². The molecule has 0 saturated carbocycles. The fraction of sp³-hybridized carbons (Fsp3) is 0.0556. The van der Waals surface area contributed by atoms with Crippen molar-refractivity contribution in [2.45, 2.75) is 6.54 Å². The Balaban J connectivity index is 1.95. The van der Waals surface area contributed by atoms with Gasteiger partial charge >= 0.3 is 0 Å². The first kappa shape index (κ1) is 13.2. The third-order valence-corrected chi connectivity index (χ3v) is 3.87. The Morgan fingerprint density at radius 2 is 1.86 bits per heavy atom. The van der Waals surface area contributed by atoms with Gasteiger partial charge in [0.05, 0.1) is 23.8 Å². The second kappa shape index (κ2) is 5.35. The Morgan fingerprint density at radius 1 is 1.00 bits per heavy atom. The standard InChI is InChI=1S/C18H13ClN2O/c19-14-8-9-16-17(11-14)21(12-15-7-4-10-22-15)18(20-16)13-5-2-1-3-6-13/h1-11H,12H2. The van der Waals surface area contributed by atoms with E-state index >= 15 is 0 Å². The highest BCUT2D eigenvalue weighted by atomic mass is 35.5. The predicted octanol–water partition coefficient (Wildman–Crippen LogP) is 5.00. The number of nitrogens with zero attached hydrogens (tertiary/aromatic N) is 2. The van der Waals surface area contributed by atoms with Crippen molar-refractivity contribution in [2.24, 2.45) is 0 Å². The maximum atomic E-state index is 6.16. The maximum absolute atomic E-state index is 6.16. The van der Waals surface area contributed by atoms with Crippen LogP contribution in [0.3, 0.4) is 0 Å². The number of halogens is 1. The fourth-order valence-electron chi connectivity index (χ4n) is 2.62. The van der Waals surface area contributed by atoms with Gasteiger partial charge in [-0.25, -0.2) is 4.98 Å². The van der Waals surface area contributed by atoms with Gasteiger partial charge in [0, 0.05) is 10.6 Å². The Kier molecular flexibility index (Phi) is 3.20. The monoisotopic (exact) mass is 308 g/mol. The van der Waals surface area contributed by atoms with E-state index < -0.39 is 0 Å². The van der Waals surface area contributed by atoms with Crippen LogP contribution in [0.1, 0.15) is 5.76 Å². The second-order valence-corrected chi connectivity index (χ2v) is 5.54. The van der Waals surface area contributed by atoms with Crippen LogP contribution in [0.25, 0.3) is 22.4 Å². The van der Waals surface area contributed by atoms with Gasteiger partial charge in [0.2, 0.25) is 0 Å². The van der Waals surface area contributed by atoms with Gasteiger partial charge in [-0.05, 0) is 30.3 Å². The molecule has 0 amide bonds. The molecule has 0 aliphatic heterocycles. The van der Waals surface area contributed by atoms with Crippen molar-refractivity contribution >= 4 is 22.6 Å². The lowest BCUT2D eigenvalue weighted by Gasteiger charge is -2.07. The molecule has 0 aliphatic rings. The largest absolute Gasteiger partial charge is 0.467 e. The Bertz CT molecular complexity index is 911. The highest BCUT2D eigenvalue weighted by Crippen LogP contribution is 2.27. The molecule has 0 fully saturated rings. The van der Waals surface area contributed by atoms with Crippen LogP contribution in [0.4, 0.5) is 0 Å². The van der Waals surface area contributed by atoms with Crippen LogP contribution >= 0.6 is 11.6 Å². The second-order valence-electron chi connectivity index (χ2n) is 5.10. The van der Waals surface area contributed by atoms with Crippen LogP contribution in [0.5, 0.6) is 0 Å². The zero-order valence-electron chi connectivity index (χ0n) is 11.7. The Hall–Kier alpha value is -2.52. The first-order valence-corrected chi connectivity index (χ1v) is 7.43. The fourth-order valence-corrected chi connectivity index (χ4v) is 2.79. The first-order valence-electron chi connectivity index (χ1n) is 7.05. The van der Waals surface area contributed by atoms with Gasteiger partial charge in [-0.15, -0.1) is 0 Å². The maximum Gasteiger partial charge on any atom is 0.141 e. The third-order valence-electron chi connectivity index (χ3n) is 3.64. The van der Waals surface area contributed by atoms with Gasteiger partial charge in [0.1, 0.15) is 11.6 Å². The molecule has 4 aromatic rings. The molecule has 0 unspecified atom stereocenters. The number of hydrogen-bond donors (Lipinski definition) is 0. The van der Waals surface area contributed by atoms with E-state index in [2.05, 4.69) is 16.7 Å². The smallest absolute Gasteiger partial charge is 0.141 e. The molecule has 2 aromatic carbocycles. The summed E-state index contributed by atoms with van der Waals surface area (Å²) in [5.41, 5.74) is 3.00. The van der Waals surface area contributed by atoms with Gasteiger partial charge in [-0.3, -0.25) is 0 Å². The minimum absolute atomic E-state index is 0.619. The lowest BCUT2D eigenvalue weighted by atomic mass is 10.2. The number of rotatable bonds is 3. The molecule has 2 aromatic heterocycles. The van der Waals surface area contributed by atoms with Crippen molar-refractivity contribution in [1.82, 2.24) is 9.55 Å². The lowest BCUT2D eigenvalue weighted by Crippen LogP contribution is -2.01. The minimum Gasteiger partial charge on any atom is -0.467 e. The van der Waals surface area contributed by atoms with Crippen molar-refractivity contribution in [1.29, 1.82) is 0 Å². The zero-order valence-corrected chi connectivity index (χ0v) is 12.5. The molecular weight excluding hydrogens is 296 g/mol. The van der Waals surface area contributed by atoms with Crippen LogP contribution in [0, 0.1) is 0 Å². The van der Waals surface area contributed by atoms with Gasteiger partial charge in [-0.2, -0.15) is 0 Å². The van der Waals surface area contributed by atoms with Crippen LogP contribution in [0.15, 0.2) is 71.3 Å². The number of imidazole rings is 1. The molecule has 0 atom stereocenters. The number of hydrogen-bond acceptors (Lipinski definition) is 2. The normalized spacial score (nSPS) is 11.1. The highest BCUT2D eigenvalue weighted by molar-refractivity contribution is 6.31. The number of furan rings is 1. The summed E-state index contributed by atoms with van der Waals surface area (Å²) in [6.07, 6.45) is 1.68. The summed E-state index contributed by atoms with van der Waals surface area (Å²) in [4.78, 5) is 4.77. The van der Waals surface area contributed by atoms with E-state index in [-0.39, 0.29) is 0 Å². The summed E-state index contributed by atoms with van der Waals surface area (Å²) in [5, 5.41) is 0.702. The number of fused-ring (bicyclic) bond motifs is 1. The molecule has 2 heterocycles. The first-order chi connectivity index (χ1) is 10.8. The molecule has 0 saturated heterocycles. The molecule has 0 aliphatic carbocycles. The molecule has 0 spiro atoms. The van der Waals surface area contributed by atoms with Crippen molar-refractivity contribution in [3.63, 3.8) is 0 Å². The molecule has 4 heteroatoms. The molecule has 108 valence electrons. The molecule has 0 radical (unpaired) electrons. The summed E-state index contributed by atoms with van der Waals surface area (Å²) in [5.74, 6) is 1.80. The molecule has 0 N–H and O–H groups in total. The van der Waals surface area contributed by atoms with Crippen LogP contribution < -0.4 is 0 Å². The van der Waals surface area contributed by atoms with E-state index in [4.69, 9.17) is 21.0 Å². The molecule has 4 rings (SSSR count). The molecule has 22 heavy (non-hydrogen) atoms. The van der Waals surface area contributed by atoms with Gasteiger partial charge < -0.3 is 8.98 Å². The Morgan fingerprint density at radius 3 is 2.64 bits per heavy atom. The van der Waals surface area contributed by atoms with Gasteiger partial charge in [0.25, 0.3) is 0 Å². The van der Waals surface area contributed by atoms with E-state index in [0.29, 0.717) is 11.6 Å². The predicted molar refractivity (Wildman–Crippen MR) is 88.0 cm³/mol. The number of benzene rings is 2. The molecule has 0 bridgehead atoms. The van der Waals surface area contributed by atoms with Crippen molar-refractivity contribution in [2.75, 3.05) is 0 Å². The summed E-state index contributed by atoms with van der Waals surface area (Å²) < 4.78 is 7.63. The van der Waals surface area contributed by atoms with E-state index in [0.717, 1.165) is 28.2 Å². The topological polar surface area (TPSA) is 31.0 Å². The van der Waals surface area contributed by atoms with Crippen LogP contribution in [-0.2, 0) is 6.54 Å².